The molecule has 6 atom stereocenters. The minimum absolute atomic E-state index is 0.0410. The summed E-state index contributed by atoms with van der Waals surface area (Å²) in [6.07, 6.45) is 12.3. The van der Waals surface area contributed by atoms with E-state index in [0.29, 0.717) is 43.8 Å². The molecular formula is C44H57ClN6O7S. The molecule has 0 radical (unpaired) electrons. The molecule has 1 spiro atoms. The number of hydrogen-bond donors (Lipinski definition) is 1. The first-order valence-corrected chi connectivity index (χ1v) is 23.2. The van der Waals surface area contributed by atoms with E-state index in [0.717, 1.165) is 88.6 Å². The lowest BCUT2D eigenvalue weighted by Crippen LogP contribution is -2.49. The maximum atomic E-state index is 14.8. The molecule has 2 bridgehead atoms. The van der Waals surface area contributed by atoms with Crippen molar-refractivity contribution >= 4 is 39.0 Å². The number of halogens is 1. The Hall–Kier alpha value is -3.95. The number of aryl methyl sites for hydroxylation is 2. The summed E-state index contributed by atoms with van der Waals surface area (Å²) in [4.78, 5) is 32.7. The van der Waals surface area contributed by atoms with Gasteiger partial charge in [0.05, 0.1) is 44.5 Å². The highest BCUT2D eigenvalue weighted by atomic mass is 35.5. The Labute approximate surface area is 353 Å². The van der Waals surface area contributed by atoms with E-state index in [2.05, 4.69) is 48.3 Å². The molecule has 1 unspecified atom stereocenters. The molecular weight excluding hydrogens is 792 g/mol. The maximum absolute atomic E-state index is 14.8. The third-order valence-corrected chi connectivity index (χ3v) is 15.0. The van der Waals surface area contributed by atoms with Crippen molar-refractivity contribution in [2.24, 2.45) is 29.2 Å². The number of nitrogens with zero attached hydrogens (tertiary/aromatic N) is 5. The van der Waals surface area contributed by atoms with E-state index in [-0.39, 0.29) is 40.2 Å². The summed E-state index contributed by atoms with van der Waals surface area (Å²) < 4.78 is 47.6. The number of anilines is 1. The molecule has 2 fully saturated rings. The lowest BCUT2D eigenvalue weighted by atomic mass is 9.68. The molecule has 13 nitrogen and oxygen atoms in total. The van der Waals surface area contributed by atoms with E-state index >= 15 is 0 Å². The number of allylic oxidation sites excluding steroid dienone is 1. The number of methoxy groups -OCH3 is 1. The number of amides is 2. The van der Waals surface area contributed by atoms with Crippen molar-refractivity contribution < 1.29 is 32.7 Å². The zero-order valence-corrected chi connectivity index (χ0v) is 36.0. The average Bonchev–Trinajstić information content (AvgIpc) is 3.53. The van der Waals surface area contributed by atoms with Crippen molar-refractivity contribution in [2.75, 3.05) is 76.9 Å². The summed E-state index contributed by atoms with van der Waals surface area (Å²) in [5, 5.41) is 4.92. The molecule has 2 aliphatic carbocycles. The zero-order valence-electron chi connectivity index (χ0n) is 34.4. The van der Waals surface area contributed by atoms with Gasteiger partial charge in [0.2, 0.25) is 5.88 Å². The highest BCUT2D eigenvalue weighted by Crippen LogP contribution is 2.47. The number of aromatic nitrogens is 2. The molecule has 2 aromatic carbocycles. The first-order valence-electron chi connectivity index (χ1n) is 21.1. The van der Waals surface area contributed by atoms with E-state index in [1.807, 2.05) is 25.1 Å². The van der Waals surface area contributed by atoms with Gasteiger partial charge in [-0.1, -0.05) is 36.7 Å². The molecule has 1 saturated carbocycles. The van der Waals surface area contributed by atoms with Gasteiger partial charge in [-0.25, -0.2) is 4.21 Å². The fourth-order valence-electron chi connectivity index (χ4n) is 9.60. The predicted molar refractivity (Wildman–Crippen MR) is 228 cm³/mol. The highest BCUT2D eigenvalue weighted by molar-refractivity contribution is 7.92. The van der Waals surface area contributed by atoms with Crippen molar-refractivity contribution in [1.29, 1.82) is 0 Å². The van der Waals surface area contributed by atoms with Gasteiger partial charge in [-0.05, 0) is 104 Å². The van der Waals surface area contributed by atoms with Gasteiger partial charge in [0.25, 0.3) is 11.8 Å². The number of carbonyl (C=O) groups is 2. The average molecular weight is 849 g/mol. The monoisotopic (exact) mass is 848 g/mol. The normalized spacial score (nSPS) is 29.2. The summed E-state index contributed by atoms with van der Waals surface area (Å²) in [5.74, 6) is -0.158. The number of hydrogen-bond acceptors (Lipinski definition) is 10. The molecule has 3 aromatic rings. The summed E-state index contributed by atoms with van der Waals surface area (Å²) in [6, 6.07) is 11.6. The van der Waals surface area contributed by atoms with Crippen LogP contribution >= 0.6 is 11.6 Å². The molecule has 59 heavy (non-hydrogen) atoms. The van der Waals surface area contributed by atoms with Crippen LogP contribution in [0.2, 0.25) is 5.02 Å². The van der Waals surface area contributed by atoms with Crippen molar-refractivity contribution in [3.63, 3.8) is 0 Å². The largest absolute Gasteiger partial charge is 0.490 e. The molecule has 318 valence electrons. The van der Waals surface area contributed by atoms with Crippen LogP contribution in [0, 0.1) is 17.8 Å². The van der Waals surface area contributed by atoms with Crippen LogP contribution in [0.3, 0.4) is 0 Å². The Balaban J connectivity index is 1.15. The summed E-state index contributed by atoms with van der Waals surface area (Å²) >= 11 is 6.52. The quantitative estimate of drug-likeness (QED) is 0.205. The van der Waals surface area contributed by atoms with Gasteiger partial charge in [-0.3, -0.25) is 23.9 Å². The zero-order chi connectivity index (χ0) is 41.1. The van der Waals surface area contributed by atoms with Crippen LogP contribution in [0.1, 0.15) is 77.3 Å². The third kappa shape index (κ3) is 9.36. The van der Waals surface area contributed by atoms with Crippen molar-refractivity contribution in [3.8, 4) is 11.6 Å². The van der Waals surface area contributed by atoms with Crippen LogP contribution in [-0.4, -0.2) is 109 Å². The van der Waals surface area contributed by atoms with E-state index in [1.165, 1.54) is 29.1 Å². The van der Waals surface area contributed by atoms with Crippen LogP contribution in [0.4, 0.5) is 5.69 Å². The van der Waals surface area contributed by atoms with Gasteiger partial charge in [-0.15, -0.1) is 9.46 Å². The van der Waals surface area contributed by atoms with E-state index in [1.54, 1.807) is 13.1 Å². The standard InChI is InChI=1S/C44H57ClN6O7S/c1-30-7-4-9-39(57-20-6-17-50-18-21-56-22-19-50)35-13-10-33(35)25-51-28-44(16-5-8-31-23-34(45)12-14-37(31)44)29-58-40-15-11-32(24-38(40)51)41(52)47-59(54,27-30)48-42(53)36-26-49(2)46-43(36)55-3/h4,9,11-12,14-15,23-24,26,30,33,35,39H,5-8,10,13,16-22,25,27-29H2,1-3H3,(H,47,48,52,53,54)/b9-4+/t30-,33-,35+,39-,44-,59?/m0/s1. The fraction of sp³-hybridized carbons (Fsp3) is 0.568. The summed E-state index contributed by atoms with van der Waals surface area (Å²) in [6.45, 7) is 8.98. The second-order valence-corrected chi connectivity index (χ2v) is 19.5. The Morgan fingerprint density at radius 2 is 2.00 bits per heavy atom. The van der Waals surface area contributed by atoms with Crippen molar-refractivity contribution in [1.82, 2.24) is 19.4 Å². The molecule has 3 aliphatic heterocycles. The number of fused-ring (bicyclic) bond motifs is 4. The lowest BCUT2D eigenvalue weighted by molar-refractivity contribution is -0.0203. The molecule has 5 aliphatic rings. The minimum atomic E-state index is -3.63. The number of morpholine rings is 1. The van der Waals surface area contributed by atoms with Gasteiger partial charge in [0.1, 0.15) is 21.2 Å². The molecule has 2 amide bonds. The number of ether oxygens (including phenoxy) is 4. The topological polar surface area (TPSA) is 137 Å². The molecule has 15 heteroatoms. The fourth-order valence-corrected chi connectivity index (χ4v) is 11.7. The number of rotatable bonds is 8. The number of benzene rings is 2. The highest BCUT2D eigenvalue weighted by Gasteiger charge is 2.44. The smallest absolute Gasteiger partial charge is 0.286 e. The Morgan fingerprint density at radius 1 is 1.15 bits per heavy atom. The van der Waals surface area contributed by atoms with Gasteiger partial charge in [0.15, 0.2) is 0 Å². The van der Waals surface area contributed by atoms with Crippen LogP contribution in [-0.2, 0) is 38.3 Å². The van der Waals surface area contributed by atoms with Crippen molar-refractivity contribution in [3.05, 3.63) is 82.0 Å². The van der Waals surface area contributed by atoms with Gasteiger partial charge < -0.3 is 23.8 Å². The molecule has 1 aromatic heterocycles. The van der Waals surface area contributed by atoms with Crippen LogP contribution in [0.5, 0.6) is 11.6 Å². The second-order valence-electron chi connectivity index (χ2n) is 17.1. The first-order chi connectivity index (χ1) is 28.5. The van der Waals surface area contributed by atoms with Gasteiger partial charge >= 0.3 is 0 Å². The summed E-state index contributed by atoms with van der Waals surface area (Å²) in [5.41, 5.74) is 3.42. The Kier molecular flexibility index (Phi) is 12.7. The Bertz CT molecular complexity index is 2180. The van der Waals surface area contributed by atoms with Crippen molar-refractivity contribution in [2.45, 2.75) is 63.4 Å². The third-order valence-electron chi connectivity index (χ3n) is 12.8. The first kappa shape index (κ1) is 41.8. The molecule has 8 rings (SSSR count). The molecule has 1 saturated heterocycles. The SMILES string of the molecule is COc1nn(C)cc1C(=O)NS1(=O)=NC(=O)c2ccc3c(c2)N(C[C@@H]2CC[C@H]2[C@@H](OCCCN2CCOCC2)/C=C/C[C@H](C)C1)C[C@@]1(CCCc2cc(Cl)ccc21)CO3. The van der Waals surface area contributed by atoms with Crippen LogP contribution in [0.15, 0.2) is 59.1 Å². The van der Waals surface area contributed by atoms with Crippen LogP contribution < -0.4 is 19.1 Å². The predicted octanol–water partition coefficient (Wildman–Crippen LogP) is 6.24. The number of nitrogens with one attached hydrogen (secondary N) is 1. The Morgan fingerprint density at radius 3 is 2.80 bits per heavy atom. The number of carbonyl (C=O) groups excluding carboxylic acids is 2. The summed E-state index contributed by atoms with van der Waals surface area (Å²) in [7, 11) is -0.554. The molecule has 1 N–H and O–H groups in total. The maximum Gasteiger partial charge on any atom is 0.286 e. The second kappa shape index (κ2) is 18.0. The van der Waals surface area contributed by atoms with Gasteiger partial charge in [0, 0.05) is 68.6 Å². The van der Waals surface area contributed by atoms with E-state index in [9.17, 15) is 13.8 Å². The molecule has 4 heterocycles. The van der Waals surface area contributed by atoms with Gasteiger partial charge in [-0.2, -0.15) is 0 Å². The minimum Gasteiger partial charge on any atom is -0.490 e. The van der Waals surface area contributed by atoms with E-state index in [4.69, 9.17) is 30.5 Å². The lowest BCUT2D eigenvalue weighted by Gasteiger charge is -2.46. The van der Waals surface area contributed by atoms with E-state index < -0.39 is 21.7 Å². The van der Waals surface area contributed by atoms with Crippen LogP contribution in [0.25, 0.3) is 0 Å².